The second-order valence-electron chi connectivity index (χ2n) is 27.1. The van der Waals surface area contributed by atoms with Gasteiger partial charge in [0.15, 0.2) is 6.29 Å². The normalized spacial score (nSPS) is 18.3. The summed E-state index contributed by atoms with van der Waals surface area (Å²) in [5.74, 6) is -0.199. The summed E-state index contributed by atoms with van der Waals surface area (Å²) in [7, 11) is 0. The molecule has 0 spiro atoms. The summed E-state index contributed by atoms with van der Waals surface area (Å²) in [5, 5.41) is 54.9. The fraction of sp³-hybridized carbons (Fsp3) is 0.693. The number of amides is 1. The third-order valence-corrected chi connectivity index (χ3v) is 18.1. The van der Waals surface area contributed by atoms with E-state index in [1.54, 1.807) is 6.08 Å². The van der Waals surface area contributed by atoms with E-state index in [0.29, 0.717) is 6.42 Å². The summed E-state index contributed by atoms with van der Waals surface area (Å²) in [6, 6.07) is -0.844. The average molecular weight is 1350 g/mol. The number of hydrogen-bond donors (Lipinski definition) is 6. The van der Waals surface area contributed by atoms with E-state index in [4.69, 9.17) is 9.47 Å². The average Bonchev–Trinajstić information content (AvgIpc) is 0.854. The SMILES string of the molecule is CC/C=C\C/C=C\C/C=C\C/C=C\C/C=C\C/C=C\C/C=C\C/C=C\C/C=C\C/C=C\CCCCCCCCCCCCC(=O)NC(COC1OC(CO)C(O)C(O)C1O)C(O)/C=C/CC/C=C/CC/C=C/CCCCCCCCCCCCCCCCCCCCCCCCC. The zero-order valence-corrected chi connectivity index (χ0v) is 62.3. The number of allylic oxidation sites excluding steroid dienone is 25. The van der Waals surface area contributed by atoms with Crippen LogP contribution < -0.4 is 5.32 Å². The van der Waals surface area contributed by atoms with Crippen molar-refractivity contribution in [1.82, 2.24) is 5.32 Å². The van der Waals surface area contributed by atoms with Gasteiger partial charge in [0.1, 0.15) is 24.4 Å². The van der Waals surface area contributed by atoms with Crippen molar-refractivity contribution < 1.29 is 39.8 Å². The van der Waals surface area contributed by atoms with Gasteiger partial charge in [-0.2, -0.15) is 0 Å². The number of unbranched alkanes of at least 4 members (excludes halogenated alkanes) is 35. The van der Waals surface area contributed by atoms with Crippen LogP contribution >= 0.6 is 0 Å². The zero-order valence-electron chi connectivity index (χ0n) is 62.3. The Bertz CT molecular complexity index is 2110. The Morgan fingerprint density at radius 2 is 0.649 bits per heavy atom. The summed E-state index contributed by atoms with van der Waals surface area (Å²) in [6.45, 7) is 3.67. The second kappa shape index (κ2) is 74.5. The molecule has 1 aliphatic heterocycles. The Hall–Kier alpha value is -4.19. The maximum absolute atomic E-state index is 13.2. The topological polar surface area (TPSA) is 149 Å². The Labute approximate surface area is 596 Å². The standard InChI is InChI=1S/C88H149NO8/c1-3-5-7-9-11-13-15-17-19-21-23-25-27-29-31-33-35-37-38-39-40-41-42-43-44-46-48-50-52-54-56-58-60-62-64-66-68-70-72-74-76-78-84(92)89-81(80-96-88-87(95)86(94)85(93)83(79-90)97-88)82(91)77-75-73-71-69-67-65-63-61-59-57-55-53-51-49-47-45-36-34-32-30-28-26-24-22-20-18-16-14-12-10-8-6-4-2/h5,7,11,13,17,19,23,25,29,31,35,37,39-40,42-43,46,48,52,54,59,61,67,69,75,77,81-83,85-88,90-91,93-95H,3-4,6,8-10,12,14-16,18,20-22,24,26-28,30,32-34,36,38,41,44-45,47,49-51,53,55-58,60,62-66,68,70-74,76,78-80H2,1-2H3,(H,89,92)/b7-5-,13-11-,19-17-,25-23-,31-29-,37-35-,40-39-,43-42-,48-46-,54-52-,61-59+,69-67+,77-75+. The van der Waals surface area contributed by atoms with Crippen LogP contribution in [0.15, 0.2) is 158 Å². The third-order valence-electron chi connectivity index (χ3n) is 18.1. The Morgan fingerprint density at radius 1 is 0.361 bits per heavy atom. The molecule has 1 rings (SSSR count). The summed E-state index contributed by atoms with van der Waals surface area (Å²) in [6.07, 6.45) is 110. The van der Waals surface area contributed by atoms with Crippen LogP contribution in [0.3, 0.4) is 0 Å². The number of aliphatic hydroxyl groups excluding tert-OH is 5. The highest BCUT2D eigenvalue weighted by Crippen LogP contribution is 2.23. The number of ether oxygens (including phenoxy) is 2. The Morgan fingerprint density at radius 3 is 0.990 bits per heavy atom. The van der Waals surface area contributed by atoms with Crippen LogP contribution in [0, 0.1) is 0 Å². The molecule has 0 aromatic heterocycles. The largest absolute Gasteiger partial charge is 0.394 e. The van der Waals surface area contributed by atoms with Crippen molar-refractivity contribution in [2.75, 3.05) is 13.2 Å². The summed E-state index contributed by atoms with van der Waals surface area (Å²) in [5.41, 5.74) is 0. The van der Waals surface area contributed by atoms with Gasteiger partial charge in [-0.1, -0.05) is 364 Å². The first-order valence-corrected chi connectivity index (χ1v) is 40.2. The van der Waals surface area contributed by atoms with Crippen LogP contribution in [0.4, 0.5) is 0 Å². The van der Waals surface area contributed by atoms with E-state index in [1.165, 1.54) is 193 Å². The van der Waals surface area contributed by atoms with E-state index >= 15 is 0 Å². The number of hydrogen-bond acceptors (Lipinski definition) is 8. The van der Waals surface area contributed by atoms with E-state index in [9.17, 15) is 30.3 Å². The molecule has 7 unspecified atom stereocenters. The zero-order chi connectivity index (χ0) is 69.9. The number of nitrogens with one attached hydrogen (secondary N) is 1. The first-order chi connectivity index (χ1) is 47.8. The third kappa shape index (κ3) is 62.5. The molecule has 0 saturated carbocycles. The van der Waals surface area contributed by atoms with Gasteiger partial charge in [0, 0.05) is 6.42 Å². The first kappa shape index (κ1) is 90.8. The van der Waals surface area contributed by atoms with Crippen LogP contribution in [-0.4, -0.2) is 87.5 Å². The van der Waals surface area contributed by atoms with E-state index in [0.717, 1.165) is 122 Å². The summed E-state index contributed by atoms with van der Waals surface area (Å²) in [4.78, 5) is 13.2. The lowest BCUT2D eigenvalue weighted by Crippen LogP contribution is -2.60. The molecule has 97 heavy (non-hydrogen) atoms. The van der Waals surface area contributed by atoms with Gasteiger partial charge in [0.05, 0.1) is 25.4 Å². The molecule has 9 nitrogen and oxygen atoms in total. The number of carbonyl (C=O) groups is 1. The number of carbonyl (C=O) groups excluding carboxylic acids is 1. The van der Waals surface area contributed by atoms with Crippen molar-refractivity contribution in [3.8, 4) is 0 Å². The lowest BCUT2D eigenvalue weighted by molar-refractivity contribution is -0.302. The molecule has 0 bridgehead atoms. The maximum atomic E-state index is 13.2. The minimum absolute atomic E-state index is 0.199. The first-order valence-electron chi connectivity index (χ1n) is 40.2. The van der Waals surface area contributed by atoms with Crippen molar-refractivity contribution in [3.63, 3.8) is 0 Å². The molecule has 554 valence electrons. The Balaban J connectivity index is 2.14. The molecule has 0 radical (unpaired) electrons. The van der Waals surface area contributed by atoms with Crippen LogP contribution in [0.25, 0.3) is 0 Å². The van der Waals surface area contributed by atoms with Crippen molar-refractivity contribution >= 4 is 5.91 Å². The molecule has 1 aliphatic rings. The lowest BCUT2D eigenvalue weighted by atomic mass is 9.99. The second-order valence-corrected chi connectivity index (χ2v) is 27.1. The van der Waals surface area contributed by atoms with Crippen molar-refractivity contribution in [3.05, 3.63) is 158 Å². The van der Waals surface area contributed by atoms with Crippen LogP contribution in [0.5, 0.6) is 0 Å². The molecule has 0 aliphatic carbocycles. The highest BCUT2D eigenvalue weighted by molar-refractivity contribution is 5.76. The van der Waals surface area contributed by atoms with Crippen LogP contribution in [0.1, 0.15) is 335 Å². The molecule has 0 aromatic rings. The lowest BCUT2D eigenvalue weighted by Gasteiger charge is -2.40. The summed E-state index contributed by atoms with van der Waals surface area (Å²) >= 11 is 0. The fourth-order valence-corrected chi connectivity index (χ4v) is 11.9. The molecular formula is C88H149NO8. The molecule has 6 N–H and O–H groups in total. The number of aliphatic hydroxyl groups is 5. The minimum Gasteiger partial charge on any atom is -0.394 e. The molecule has 1 saturated heterocycles. The molecule has 1 heterocycles. The van der Waals surface area contributed by atoms with Gasteiger partial charge in [-0.05, 0) is 122 Å². The van der Waals surface area contributed by atoms with Gasteiger partial charge < -0.3 is 40.3 Å². The number of rotatable bonds is 69. The summed E-state index contributed by atoms with van der Waals surface area (Å²) < 4.78 is 11.3. The van der Waals surface area contributed by atoms with E-state index in [1.807, 2.05) is 6.08 Å². The highest BCUT2D eigenvalue weighted by atomic mass is 16.7. The van der Waals surface area contributed by atoms with E-state index in [2.05, 4.69) is 165 Å². The quantitative estimate of drug-likeness (QED) is 0.0261. The molecule has 1 amide bonds. The van der Waals surface area contributed by atoms with Gasteiger partial charge >= 0.3 is 0 Å². The predicted octanol–water partition coefficient (Wildman–Crippen LogP) is 23.4. The van der Waals surface area contributed by atoms with Crippen molar-refractivity contribution in [2.45, 2.75) is 378 Å². The van der Waals surface area contributed by atoms with Crippen LogP contribution in [0.2, 0.25) is 0 Å². The molecule has 9 heteroatoms. The fourth-order valence-electron chi connectivity index (χ4n) is 11.9. The molecule has 0 aromatic carbocycles. The minimum atomic E-state index is -1.59. The highest BCUT2D eigenvalue weighted by Gasteiger charge is 2.44. The molecular weight excluding hydrogens is 1200 g/mol. The molecule has 1 fully saturated rings. The monoisotopic (exact) mass is 1350 g/mol. The van der Waals surface area contributed by atoms with Gasteiger partial charge in [0.2, 0.25) is 5.91 Å². The van der Waals surface area contributed by atoms with Gasteiger partial charge in [0.25, 0.3) is 0 Å². The predicted molar refractivity (Wildman–Crippen MR) is 419 cm³/mol. The van der Waals surface area contributed by atoms with Crippen molar-refractivity contribution in [2.24, 2.45) is 0 Å². The van der Waals surface area contributed by atoms with Crippen molar-refractivity contribution in [1.29, 1.82) is 0 Å². The maximum Gasteiger partial charge on any atom is 0.220 e. The van der Waals surface area contributed by atoms with E-state index in [-0.39, 0.29) is 12.5 Å². The van der Waals surface area contributed by atoms with Crippen LogP contribution in [-0.2, 0) is 14.3 Å². The smallest absolute Gasteiger partial charge is 0.220 e. The van der Waals surface area contributed by atoms with Gasteiger partial charge in [-0.3, -0.25) is 4.79 Å². The Kier molecular flexibility index (Phi) is 69.8. The van der Waals surface area contributed by atoms with E-state index < -0.39 is 49.5 Å². The molecule has 7 atom stereocenters. The van der Waals surface area contributed by atoms with Gasteiger partial charge in [-0.25, -0.2) is 0 Å². The van der Waals surface area contributed by atoms with Gasteiger partial charge in [-0.15, -0.1) is 0 Å².